The summed E-state index contributed by atoms with van der Waals surface area (Å²) >= 11 is 0. The van der Waals surface area contributed by atoms with Gasteiger partial charge in [0.2, 0.25) is 0 Å². The first kappa shape index (κ1) is 13.0. The quantitative estimate of drug-likeness (QED) is 0.773. The molecule has 0 N–H and O–H groups in total. The van der Waals surface area contributed by atoms with Crippen LogP contribution in [-0.4, -0.2) is 31.1 Å². The molecular formula is C14H18FNO2. The first-order valence-electron chi connectivity index (χ1n) is 6.27. The average Bonchev–Trinajstić information content (AvgIpc) is 2.39. The van der Waals surface area contributed by atoms with Gasteiger partial charge in [-0.25, -0.2) is 4.39 Å². The van der Waals surface area contributed by atoms with Crippen LogP contribution in [0.5, 0.6) is 0 Å². The fraction of sp³-hybridized carbons (Fsp3) is 0.500. The van der Waals surface area contributed by atoms with Crippen molar-refractivity contribution in [2.45, 2.75) is 25.3 Å². The van der Waals surface area contributed by atoms with Crippen molar-refractivity contribution in [2.24, 2.45) is 0 Å². The number of piperidine rings is 1. The van der Waals surface area contributed by atoms with Gasteiger partial charge in [0.25, 0.3) is 0 Å². The number of hydrogen-bond donors (Lipinski definition) is 0. The maximum absolute atomic E-state index is 13.3. The van der Waals surface area contributed by atoms with E-state index in [1.165, 1.54) is 13.2 Å². The van der Waals surface area contributed by atoms with Crippen LogP contribution in [0.25, 0.3) is 0 Å². The van der Waals surface area contributed by atoms with Gasteiger partial charge in [0, 0.05) is 6.04 Å². The lowest BCUT2D eigenvalue weighted by molar-refractivity contribution is -0.143. The molecule has 1 aromatic carbocycles. The van der Waals surface area contributed by atoms with E-state index in [0.29, 0.717) is 0 Å². The zero-order valence-electron chi connectivity index (χ0n) is 10.6. The minimum absolute atomic E-state index is 0.119. The number of halogens is 1. The number of hydrogen-bond acceptors (Lipinski definition) is 3. The van der Waals surface area contributed by atoms with Gasteiger partial charge in [0.15, 0.2) is 0 Å². The standard InChI is InChI=1S/C14H18FNO2/c1-18-14(17)10-16-8-3-2-7-13(16)11-5-4-6-12(15)9-11/h4-6,9,13H,2-3,7-8,10H2,1H3. The molecule has 0 amide bonds. The molecule has 0 spiro atoms. The number of rotatable bonds is 3. The molecule has 18 heavy (non-hydrogen) atoms. The molecule has 1 atom stereocenters. The predicted octanol–water partition coefficient (Wildman–Crippen LogP) is 2.53. The molecule has 1 aliphatic rings. The third-order valence-corrected chi connectivity index (χ3v) is 3.41. The van der Waals surface area contributed by atoms with Gasteiger partial charge in [-0.1, -0.05) is 18.6 Å². The molecule has 3 nitrogen and oxygen atoms in total. The number of carbonyl (C=O) groups is 1. The summed E-state index contributed by atoms with van der Waals surface area (Å²) in [5.41, 5.74) is 0.943. The Morgan fingerprint density at radius 3 is 3.06 bits per heavy atom. The first-order valence-corrected chi connectivity index (χ1v) is 6.27. The van der Waals surface area contributed by atoms with Crippen molar-refractivity contribution >= 4 is 5.97 Å². The Balaban J connectivity index is 2.14. The molecule has 2 rings (SSSR count). The number of ether oxygens (including phenoxy) is 1. The highest BCUT2D eigenvalue weighted by Gasteiger charge is 2.25. The topological polar surface area (TPSA) is 29.5 Å². The van der Waals surface area contributed by atoms with Crippen molar-refractivity contribution in [3.63, 3.8) is 0 Å². The molecule has 0 radical (unpaired) electrons. The number of nitrogens with zero attached hydrogens (tertiary/aromatic N) is 1. The SMILES string of the molecule is COC(=O)CN1CCCCC1c1cccc(F)c1. The van der Waals surface area contributed by atoms with Crippen LogP contribution < -0.4 is 0 Å². The Labute approximate surface area is 107 Å². The summed E-state index contributed by atoms with van der Waals surface area (Å²) in [6.07, 6.45) is 3.14. The molecule has 0 aliphatic carbocycles. The van der Waals surface area contributed by atoms with E-state index in [-0.39, 0.29) is 24.4 Å². The van der Waals surface area contributed by atoms with Crippen LogP contribution in [0, 0.1) is 5.82 Å². The predicted molar refractivity (Wildman–Crippen MR) is 66.6 cm³/mol. The van der Waals surface area contributed by atoms with Crippen LogP contribution in [0.2, 0.25) is 0 Å². The highest BCUT2D eigenvalue weighted by Crippen LogP contribution is 2.30. The van der Waals surface area contributed by atoms with Gasteiger partial charge in [0.1, 0.15) is 5.82 Å². The van der Waals surface area contributed by atoms with Crippen LogP contribution in [0.3, 0.4) is 0 Å². The molecule has 1 saturated heterocycles. The number of likely N-dealkylation sites (tertiary alicyclic amines) is 1. The van der Waals surface area contributed by atoms with E-state index < -0.39 is 0 Å². The van der Waals surface area contributed by atoms with E-state index in [1.54, 1.807) is 12.1 Å². The van der Waals surface area contributed by atoms with E-state index >= 15 is 0 Å². The Hall–Kier alpha value is -1.42. The maximum atomic E-state index is 13.3. The summed E-state index contributed by atoms with van der Waals surface area (Å²) in [6, 6.07) is 6.75. The van der Waals surface area contributed by atoms with Crippen molar-refractivity contribution in [1.82, 2.24) is 4.90 Å². The molecule has 1 aliphatic heterocycles. The Kier molecular flexibility index (Phi) is 4.31. The Morgan fingerprint density at radius 2 is 2.33 bits per heavy atom. The van der Waals surface area contributed by atoms with Crippen LogP contribution in [0.15, 0.2) is 24.3 Å². The highest BCUT2D eigenvalue weighted by molar-refractivity contribution is 5.71. The van der Waals surface area contributed by atoms with Gasteiger partial charge in [-0.2, -0.15) is 0 Å². The molecular weight excluding hydrogens is 233 g/mol. The first-order chi connectivity index (χ1) is 8.70. The third-order valence-electron chi connectivity index (χ3n) is 3.41. The Morgan fingerprint density at radius 1 is 1.50 bits per heavy atom. The second-order valence-electron chi connectivity index (χ2n) is 4.61. The van der Waals surface area contributed by atoms with Gasteiger partial charge < -0.3 is 4.74 Å². The molecule has 1 unspecified atom stereocenters. The van der Waals surface area contributed by atoms with Crippen molar-refractivity contribution in [3.05, 3.63) is 35.6 Å². The van der Waals surface area contributed by atoms with E-state index in [2.05, 4.69) is 4.90 Å². The van der Waals surface area contributed by atoms with Crippen LogP contribution in [-0.2, 0) is 9.53 Å². The second-order valence-corrected chi connectivity index (χ2v) is 4.61. The second kappa shape index (κ2) is 5.96. The lowest BCUT2D eigenvalue weighted by Crippen LogP contribution is -2.37. The molecule has 4 heteroatoms. The van der Waals surface area contributed by atoms with Gasteiger partial charge in [-0.15, -0.1) is 0 Å². The number of methoxy groups -OCH3 is 1. The number of benzene rings is 1. The largest absolute Gasteiger partial charge is 0.468 e. The molecule has 1 heterocycles. The summed E-state index contributed by atoms with van der Waals surface area (Å²) in [7, 11) is 1.39. The van der Waals surface area contributed by atoms with Gasteiger partial charge in [-0.05, 0) is 37.1 Å². The molecule has 1 aromatic rings. The highest BCUT2D eigenvalue weighted by atomic mass is 19.1. The summed E-state index contributed by atoms with van der Waals surface area (Å²) in [4.78, 5) is 13.5. The maximum Gasteiger partial charge on any atom is 0.319 e. The summed E-state index contributed by atoms with van der Waals surface area (Å²) in [5.74, 6) is -0.464. The van der Waals surface area contributed by atoms with Crippen LogP contribution in [0.1, 0.15) is 30.9 Å². The minimum Gasteiger partial charge on any atom is -0.468 e. The smallest absolute Gasteiger partial charge is 0.319 e. The van der Waals surface area contributed by atoms with Gasteiger partial charge in [-0.3, -0.25) is 9.69 Å². The molecule has 0 saturated carbocycles. The van der Waals surface area contributed by atoms with E-state index in [9.17, 15) is 9.18 Å². The van der Waals surface area contributed by atoms with Crippen LogP contribution in [0.4, 0.5) is 4.39 Å². The monoisotopic (exact) mass is 251 g/mol. The minimum atomic E-state index is -0.238. The van der Waals surface area contributed by atoms with Crippen molar-refractivity contribution in [1.29, 1.82) is 0 Å². The molecule has 1 fully saturated rings. The zero-order valence-corrected chi connectivity index (χ0v) is 10.6. The summed E-state index contributed by atoms with van der Waals surface area (Å²) in [5, 5.41) is 0. The van der Waals surface area contributed by atoms with Gasteiger partial charge in [0.05, 0.1) is 13.7 Å². The van der Waals surface area contributed by atoms with Gasteiger partial charge >= 0.3 is 5.97 Å². The van der Waals surface area contributed by atoms with E-state index in [4.69, 9.17) is 4.74 Å². The lowest BCUT2D eigenvalue weighted by Gasteiger charge is -2.35. The van der Waals surface area contributed by atoms with E-state index in [0.717, 1.165) is 31.4 Å². The van der Waals surface area contributed by atoms with Crippen molar-refractivity contribution in [2.75, 3.05) is 20.2 Å². The van der Waals surface area contributed by atoms with Crippen molar-refractivity contribution < 1.29 is 13.9 Å². The molecule has 98 valence electrons. The van der Waals surface area contributed by atoms with Crippen LogP contribution >= 0.6 is 0 Å². The molecule has 0 bridgehead atoms. The third kappa shape index (κ3) is 3.07. The van der Waals surface area contributed by atoms with E-state index in [1.807, 2.05) is 6.07 Å². The Bertz CT molecular complexity index is 422. The normalized spacial score (nSPS) is 20.7. The number of carbonyl (C=O) groups excluding carboxylic acids is 1. The summed E-state index contributed by atoms with van der Waals surface area (Å²) in [6.45, 7) is 1.13. The fourth-order valence-electron chi connectivity index (χ4n) is 2.50. The summed E-state index contributed by atoms with van der Waals surface area (Å²) < 4.78 is 18.0. The number of esters is 1. The zero-order chi connectivity index (χ0) is 13.0. The average molecular weight is 251 g/mol. The fourth-order valence-corrected chi connectivity index (χ4v) is 2.50. The lowest BCUT2D eigenvalue weighted by atomic mass is 9.95. The van der Waals surface area contributed by atoms with Crippen molar-refractivity contribution in [3.8, 4) is 0 Å². The molecule has 0 aromatic heterocycles.